The highest BCUT2D eigenvalue weighted by Gasteiger charge is 2.15. The number of carbonyl (C=O) groups excluding carboxylic acids is 1. The van der Waals surface area contributed by atoms with Crippen LogP contribution in [0.5, 0.6) is 5.75 Å². The zero-order valence-electron chi connectivity index (χ0n) is 13.8. The number of benzene rings is 2. The van der Waals surface area contributed by atoms with E-state index in [-0.39, 0.29) is 24.4 Å². The van der Waals surface area contributed by atoms with Gasteiger partial charge in [0.2, 0.25) is 5.91 Å². The molecule has 132 valence electrons. The van der Waals surface area contributed by atoms with Gasteiger partial charge in [0.15, 0.2) is 0 Å². The Morgan fingerprint density at radius 1 is 1.12 bits per heavy atom. The van der Waals surface area contributed by atoms with Gasteiger partial charge in [0.25, 0.3) is 0 Å². The van der Waals surface area contributed by atoms with Gasteiger partial charge in [-0.15, -0.1) is 0 Å². The van der Waals surface area contributed by atoms with Crippen molar-refractivity contribution in [3.05, 3.63) is 54.3 Å². The SMILES string of the molecule is O=C(CNc1ccc(OCC2CCCO2)cc1)Nc1ccc(F)cc1. The molecule has 1 heterocycles. The fourth-order valence-electron chi connectivity index (χ4n) is 2.55. The van der Waals surface area contributed by atoms with E-state index < -0.39 is 0 Å². The number of carbonyl (C=O) groups is 1. The second-order valence-corrected chi connectivity index (χ2v) is 5.88. The van der Waals surface area contributed by atoms with Crippen LogP contribution in [-0.2, 0) is 9.53 Å². The summed E-state index contributed by atoms with van der Waals surface area (Å²) in [7, 11) is 0. The minimum Gasteiger partial charge on any atom is -0.491 e. The molecule has 1 saturated heterocycles. The first kappa shape index (κ1) is 17.2. The molecular formula is C19H21FN2O3. The third-order valence-electron chi connectivity index (χ3n) is 3.90. The lowest BCUT2D eigenvalue weighted by Crippen LogP contribution is -2.21. The van der Waals surface area contributed by atoms with Gasteiger partial charge in [-0.05, 0) is 61.4 Å². The monoisotopic (exact) mass is 344 g/mol. The van der Waals surface area contributed by atoms with Gasteiger partial charge in [-0.2, -0.15) is 0 Å². The first-order valence-electron chi connectivity index (χ1n) is 8.33. The normalized spacial score (nSPS) is 16.4. The Morgan fingerprint density at radius 2 is 1.84 bits per heavy atom. The van der Waals surface area contributed by atoms with E-state index in [0.29, 0.717) is 12.3 Å². The number of hydrogen-bond donors (Lipinski definition) is 2. The van der Waals surface area contributed by atoms with Gasteiger partial charge in [0, 0.05) is 18.0 Å². The van der Waals surface area contributed by atoms with E-state index in [0.717, 1.165) is 30.9 Å². The predicted octanol–water partition coefficient (Wildman–Crippen LogP) is 3.43. The first-order valence-corrected chi connectivity index (χ1v) is 8.33. The first-order chi connectivity index (χ1) is 12.2. The van der Waals surface area contributed by atoms with Crippen molar-refractivity contribution < 1.29 is 18.7 Å². The molecule has 0 spiro atoms. The van der Waals surface area contributed by atoms with Crippen molar-refractivity contribution in [2.75, 3.05) is 30.4 Å². The van der Waals surface area contributed by atoms with E-state index in [2.05, 4.69) is 10.6 Å². The van der Waals surface area contributed by atoms with E-state index in [1.807, 2.05) is 24.3 Å². The molecule has 0 radical (unpaired) electrons. The maximum atomic E-state index is 12.8. The van der Waals surface area contributed by atoms with Crippen molar-refractivity contribution in [2.45, 2.75) is 18.9 Å². The van der Waals surface area contributed by atoms with Gasteiger partial charge in [0.1, 0.15) is 18.2 Å². The highest BCUT2D eigenvalue weighted by Crippen LogP contribution is 2.18. The van der Waals surface area contributed by atoms with E-state index >= 15 is 0 Å². The Bertz CT molecular complexity index is 683. The van der Waals surface area contributed by atoms with Gasteiger partial charge >= 0.3 is 0 Å². The number of hydrogen-bond acceptors (Lipinski definition) is 4. The predicted molar refractivity (Wildman–Crippen MR) is 94.4 cm³/mol. The van der Waals surface area contributed by atoms with Gasteiger partial charge in [-0.1, -0.05) is 0 Å². The zero-order chi connectivity index (χ0) is 17.5. The largest absolute Gasteiger partial charge is 0.491 e. The Labute approximate surface area is 146 Å². The summed E-state index contributed by atoms with van der Waals surface area (Å²) in [5.74, 6) is 0.236. The summed E-state index contributed by atoms with van der Waals surface area (Å²) in [5, 5.41) is 5.73. The van der Waals surface area contributed by atoms with Crippen LogP contribution in [-0.4, -0.2) is 31.8 Å². The summed E-state index contributed by atoms with van der Waals surface area (Å²) in [6, 6.07) is 13.1. The zero-order valence-corrected chi connectivity index (χ0v) is 13.8. The summed E-state index contributed by atoms with van der Waals surface area (Å²) in [6.45, 7) is 1.50. The standard InChI is InChI=1S/C19H21FN2O3/c20-14-3-5-16(6-4-14)22-19(23)12-21-15-7-9-17(10-8-15)25-13-18-2-1-11-24-18/h3-10,18,21H,1-2,11-13H2,(H,22,23). The molecule has 1 unspecified atom stereocenters. The molecule has 2 N–H and O–H groups in total. The number of rotatable bonds is 7. The van der Waals surface area contributed by atoms with Crippen molar-refractivity contribution in [1.82, 2.24) is 0 Å². The number of anilines is 2. The molecule has 1 aliphatic heterocycles. The van der Waals surface area contributed by atoms with E-state index in [1.54, 1.807) is 0 Å². The Kier molecular flexibility index (Phi) is 5.85. The van der Waals surface area contributed by atoms with E-state index in [4.69, 9.17) is 9.47 Å². The molecule has 5 nitrogen and oxygen atoms in total. The molecule has 1 fully saturated rings. The molecular weight excluding hydrogens is 323 g/mol. The lowest BCUT2D eigenvalue weighted by Gasteiger charge is -2.12. The highest BCUT2D eigenvalue weighted by molar-refractivity contribution is 5.93. The fourth-order valence-corrected chi connectivity index (χ4v) is 2.55. The highest BCUT2D eigenvalue weighted by atomic mass is 19.1. The van der Waals surface area contributed by atoms with E-state index in [9.17, 15) is 9.18 Å². The third-order valence-corrected chi connectivity index (χ3v) is 3.90. The molecule has 1 atom stereocenters. The lowest BCUT2D eigenvalue weighted by molar-refractivity contribution is -0.114. The molecule has 0 bridgehead atoms. The second kappa shape index (κ2) is 8.48. The summed E-state index contributed by atoms with van der Waals surface area (Å²) >= 11 is 0. The third kappa shape index (κ3) is 5.46. The molecule has 25 heavy (non-hydrogen) atoms. The number of amides is 1. The summed E-state index contributed by atoms with van der Waals surface area (Å²) < 4.78 is 24.0. The smallest absolute Gasteiger partial charge is 0.243 e. The molecule has 0 aliphatic carbocycles. The van der Waals surface area contributed by atoms with Crippen LogP contribution in [0.1, 0.15) is 12.8 Å². The average Bonchev–Trinajstić information content (AvgIpc) is 3.15. The topological polar surface area (TPSA) is 59.6 Å². The van der Waals surface area contributed by atoms with Gasteiger partial charge in [-0.25, -0.2) is 4.39 Å². The molecule has 0 saturated carbocycles. The minimum atomic E-state index is -0.335. The second-order valence-electron chi connectivity index (χ2n) is 5.88. The van der Waals surface area contributed by atoms with Gasteiger partial charge in [0.05, 0.1) is 12.6 Å². The number of ether oxygens (including phenoxy) is 2. The van der Waals surface area contributed by atoms with Crippen molar-refractivity contribution in [3.63, 3.8) is 0 Å². The van der Waals surface area contributed by atoms with Crippen LogP contribution in [0.4, 0.5) is 15.8 Å². The molecule has 6 heteroatoms. The molecule has 0 aromatic heterocycles. The van der Waals surface area contributed by atoms with Crippen LogP contribution in [0.2, 0.25) is 0 Å². The van der Waals surface area contributed by atoms with Crippen molar-refractivity contribution in [2.24, 2.45) is 0 Å². The van der Waals surface area contributed by atoms with Crippen LogP contribution >= 0.6 is 0 Å². The summed E-state index contributed by atoms with van der Waals surface area (Å²) in [6.07, 6.45) is 2.33. The minimum absolute atomic E-state index is 0.119. The molecule has 2 aromatic rings. The van der Waals surface area contributed by atoms with Crippen LogP contribution in [0, 0.1) is 5.82 Å². The van der Waals surface area contributed by atoms with Crippen molar-refractivity contribution >= 4 is 17.3 Å². The van der Waals surface area contributed by atoms with Crippen LogP contribution in [0.25, 0.3) is 0 Å². The Morgan fingerprint density at radius 3 is 2.52 bits per heavy atom. The van der Waals surface area contributed by atoms with Crippen molar-refractivity contribution in [1.29, 1.82) is 0 Å². The van der Waals surface area contributed by atoms with Gasteiger partial charge in [-0.3, -0.25) is 4.79 Å². The van der Waals surface area contributed by atoms with Crippen LogP contribution in [0.15, 0.2) is 48.5 Å². The van der Waals surface area contributed by atoms with Gasteiger partial charge < -0.3 is 20.1 Å². The quantitative estimate of drug-likeness (QED) is 0.808. The van der Waals surface area contributed by atoms with Crippen LogP contribution < -0.4 is 15.4 Å². The number of halogens is 1. The Hall–Kier alpha value is -2.60. The number of nitrogens with one attached hydrogen (secondary N) is 2. The average molecular weight is 344 g/mol. The Balaban J connectivity index is 1.41. The molecule has 1 aliphatic rings. The molecule has 2 aromatic carbocycles. The maximum Gasteiger partial charge on any atom is 0.243 e. The summed E-state index contributed by atoms with van der Waals surface area (Å²) in [5.41, 5.74) is 1.38. The maximum absolute atomic E-state index is 12.8. The lowest BCUT2D eigenvalue weighted by atomic mass is 10.2. The fraction of sp³-hybridized carbons (Fsp3) is 0.316. The van der Waals surface area contributed by atoms with Crippen molar-refractivity contribution in [3.8, 4) is 5.75 Å². The molecule has 1 amide bonds. The van der Waals surface area contributed by atoms with Crippen LogP contribution in [0.3, 0.4) is 0 Å². The summed E-state index contributed by atoms with van der Waals surface area (Å²) in [4.78, 5) is 11.9. The molecule has 3 rings (SSSR count). The van der Waals surface area contributed by atoms with E-state index in [1.165, 1.54) is 24.3 Å².